The van der Waals surface area contributed by atoms with Gasteiger partial charge in [-0.2, -0.15) is 0 Å². The van der Waals surface area contributed by atoms with Crippen LogP contribution in [0.3, 0.4) is 0 Å². The highest BCUT2D eigenvalue weighted by Crippen LogP contribution is 2.21. The molecule has 0 nitrogen and oxygen atoms in total. The molecular formula is C7H13BrSi. The van der Waals surface area contributed by atoms with Crippen LogP contribution in [-0.2, 0) is 0 Å². The Bertz CT molecular complexity index is 101. The lowest BCUT2D eigenvalue weighted by atomic mass is 10.6. The summed E-state index contributed by atoms with van der Waals surface area (Å²) in [4.78, 5) is 0. The second-order valence-corrected chi connectivity index (χ2v) is 9.68. The highest BCUT2D eigenvalue weighted by atomic mass is 79.9. The van der Waals surface area contributed by atoms with Crippen molar-refractivity contribution in [3.05, 3.63) is 24.6 Å². The minimum atomic E-state index is -1.36. The zero-order valence-corrected chi connectivity index (χ0v) is 8.45. The van der Waals surface area contributed by atoms with Crippen molar-refractivity contribution in [1.82, 2.24) is 0 Å². The van der Waals surface area contributed by atoms with Crippen LogP contribution in [0.4, 0.5) is 0 Å². The molecule has 0 aromatic carbocycles. The van der Waals surface area contributed by atoms with E-state index in [4.69, 9.17) is 0 Å². The third kappa shape index (κ3) is 3.01. The summed E-state index contributed by atoms with van der Waals surface area (Å²) in [5, 5.41) is 0. The largest absolute Gasteiger partial charge is 0.175 e. The van der Waals surface area contributed by atoms with Gasteiger partial charge in [-0.25, -0.2) is 0 Å². The molecule has 2 heteroatoms. The van der Waals surface area contributed by atoms with Crippen molar-refractivity contribution in [3.63, 3.8) is 0 Å². The highest BCUT2D eigenvalue weighted by Gasteiger charge is 2.19. The summed E-state index contributed by atoms with van der Waals surface area (Å²) >= 11 is 3.65. The SMILES string of the molecule is C=C[Si](Br)(C=C)CCC. The van der Waals surface area contributed by atoms with E-state index in [1.165, 1.54) is 12.5 Å². The second kappa shape index (κ2) is 4.07. The Labute approximate surface area is 66.2 Å². The van der Waals surface area contributed by atoms with Crippen molar-refractivity contribution < 1.29 is 0 Å². The minimum absolute atomic E-state index is 1.20. The Kier molecular flexibility index (Phi) is 4.15. The minimum Gasteiger partial charge on any atom is -0.115 e. The van der Waals surface area contributed by atoms with Crippen LogP contribution in [0.15, 0.2) is 24.6 Å². The van der Waals surface area contributed by atoms with E-state index in [2.05, 4.69) is 35.4 Å². The van der Waals surface area contributed by atoms with Crippen LogP contribution < -0.4 is 0 Å². The Balaban J connectivity index is 3.91. The molecule has 9 heavy (non-hydrogen) atoms. The predicted octanol–water partition coefficient (Wildman–Crippen LogP) is 3.19. The topological polar surface area (TPSA) is 0 Å². The molecule has 0 fully saturated rings. The fourth-order valence-electron chi connectivity index (χ4n) is 0.671. The van der Waals surface area contributed by atoms with E-state index < -0.39 is 6.69 Å². The predicted molar refractivity (Wildman–Crippen MR) is 50.2 cm³/mol. The molecule has 52 valence electrons. The summed E-state index contributed by atoms with van der Waals surface area (Å²) in [6, 6.07) is 1.21. The molecule has 0 aliphatic rings. The Hall–Kier alpha value is 0.177. The fourth-order valence-corrected chi connectivity index (χ4v) is 3.20. The van der Waals surface area contributed by atoms with Gasteiger partial charge in [-0.1, -0.05) is 24.7 Å². The van der Waals surface area contributed by atoms with Crippen LogP contribution in [0.1, 0.15) is 13.3 Å². The summed E-state index contributed by atoms with van der Waals surface area (Å²) in [6.45, 7) is 8.35. The van der Waals surface area contributed by atoms with Gasteiger partial charge in [-0.05, 0) is 6.04 Å². The molecule has 0 saturated heterocycles. The molecule has 0 aliphatic carbocycles. The van der Waals surface area contributed by atoms with Gasteiger partial charge in [0.25, 0.3) is 0 Å². The van der Waals surface area contributed by atoms with Crippen LogP contribution in [0.2, 0.25) is 6.04 Å². The first-order valence-corrected chi connectivity index (χ1v) is 7.76. The maximum Gasteiger partial charge on any atom is 0.175 e. The molecule has 0 N–H and O–H groups in total. The van der Waals surface area contributed by atoms with Crippen molar-refractivity contribution in [2.75, 3.05) is 0 Å². The van der Waals surface area contributed by atoms with Gasteiger partial charge in [0.2, 0.25) is 0 Å². The van der Waals surface area contributed by atoms with Gasteiger partial charge in [-0.15, -0.1) is 28.5 Å². The molecule has 0 atom stereocenters. The number of hydrogen-bond acceptors (Lipinski definition) is 0. The van der Waals surface area contributed by atoms with Crippen molar-refractivity contribution in [2.24, 2.45) is 0 Å². The molecule has 0 spiro atoms. The Morgan fingerprint density at radius 3 is 2.00 bits per heavy atom. The normalized spacial score (nSPS) is 10.9. The summed E-state index contributed by atoms with van der Waals surface area (Å²) < 4.78 is 0. The van der Waals surface area contributed by atoms with E-state index in [1.807, 2.05) is 11.4 Å². The van der Waals surface area contributed by atoms with Crippen LogP contribution in [0.5, 0.6) is 0 Å². The molecule has 0 radical (unpaired) electrons. The van der Waals surface area contributed by atoms with Crippen LogP contribution in [0.25, 0.3) is 0 Å². The zero-order chi connectivity index (χ0) is 7.33. The van der Waals surface area contributed by atoms with Crippen molar-refractivity contribution in [2.45, 2.75) is 19.4 Å². The third-order valence-electron chi connectivity index (χ3n) is 1.31. The van der Waals surface area contributed by atoms with Crippen LogP contribution in [0, 0.1) is 0 Å². The van der Waals surface area contributed by atoms with Crippen molar-refractivity contribution >= 4 is 22.0 Å². The number of rotatable bonds is 4. The molecule has 0 unspecified atom stereocenters. The quantitative estimate of drug-likeness (QED) is 0.488. The number of halogens is 1. The van der Waals surface area contributed by atoms with Gasteiger partial charge in [0.1, 0.15) is 0 Å². The van der Waals surface area contributed by atoms with E-state index in [1.54, 1.807) is 0 Å². The molecule has 0 saturated carbocycles. The van der Waals surface area contributed by atoms with E-state index in [0.717, 1.165) is 0 Å². The molecule has 0 amide bonds. The molecule has 0 rings (SSSR count). The second-order valence-electron chi connectivity index (χ2n) is 2.09. The summed E-state index contributed by atoms with van der Waals surface area (Å²) in [5.41, 5.74) is 4.03. The lowest BCUT2D eigenvalue weighted by molar-refractivity contribution is 1.07. The van der Waals surface area contributed by atoms with Gasteiger partial charge >= 0.3 is 0 Å². The molecule has 0 bridgehead atoms. The van der Waals surface area contributed by atoms with Gasteiger partial charge in [0, 0.05) is 0 Å². The van der Waals surface area contributed by atoms with Gasteiger partial charge < -0.3 is 0 Å². The first-order valence-electron chi connectivity index (χ1n) is 3.14. The third-order valence-corrected chi connectivity index (χ3v) is 7.07. The highest BCUT2D eigenvalue weighted by molar-refractivity contribution is 9.26. The lowest BCUT2D eigenvalue weighted by Crippen LogP contribution is -2.18. The molecular weight excluding hydrogens is 192 g/mol. The average Bonchev–Trinajstić information content (AvgIpc) is 1.89. The van der Waals surface area contributed by atoms with E-state index in [-0.39, 0.29) is 0 Å². The van der Waals surface area contributed by atoms with Crippen LogP contribution in [-0.4, -0.2) is 6.69 Å². The molecule has 0 aliphatic heterocycles. The Morgan fingerprint density at radius 1 is 1.44 bits per heavy atom. The zero-order valence-electron chi connectivity index (χ0n) is 5.86. The summed E-state index contributed by atoms with van der Waals surface area (Å²) in [7, 11) is 0. The monoisotopic (exact) mass is 204 g/mol. The first-order chi connectivity index (χ1) is 4.18. The lowest BCUT2D eigenvalue weighted by Gasteiger charge is -2.12. The molecule has 0 aromatic heterocycles. The van der Waals surface area contributed by atoms with Crippen LogP contribution >= 0.6 is 15.3 Å². The van der Waals surface area contributed by atoms with E-state index in [9.17, 15) is 0 Å². The first kappa shape index (κ1) is 9.18. The number of hydrogen-bond donors (Lipinski definition) is 0. The molecule has 0 heterocycles. The standard InChI is InChI=1S/C7H13BrSi/c1-4-7-9(8,5-2)6-3/h5-6H,2-4,7H2,1H3. The average molecular weight is 205 g/mol. The van der Waals surface area contributed by atoms with Crippen molar-refractivity contribution in [3.8, 4) is 0 Å². The fraction of sp³-hybridized carbons (Fsp3) is 0.429. The van der Waals surface area contributed by atoms with E-state index >= 15 is 0 Å². The van der Waals surface area contributed by atoms with Gasteiger partial charge in [0.15, 0.2) is 6.69 Å². The summed E-state index contributed by atoms with van der Waals surface area (Å²) in [5.74, 6) is 0. The Morgan fingerprint density at radius 2 is 1.89 bits per heavy atom. The smallest absolute Gasteiger partial charge is 0.115 e. The van der Waals surface area contributed by atoms with E-state index in [0.29, 0.717) is 0 Å². The maximum atomic E-state index is 3.77. The van der Waals surface area contributed by atoms with Gasteiger partial charge in [0.05, 0.1) is 0 Å². The molecule has 0 aromatic rings. The summed E-state index contributed by atoms with van der Waals surface area (Å²) in [6.07, 6.45) is 1.20. The maximum absolute atomic E-state index is 3.77. The van der Waals surface area contributed by atoms with Gasteiger partial charge in [-0.3, -0.25) is 0 Å². The van der Waals surface area contributed by atoms with Crippen molar-refractivity contribution in [1.29, 1.82) is 0 Å².